The largest absolute Gasteiger partial charge is 0.327 e. The van der Waals surface area contributed by atoms with Gasteiger partial charge in [-0.3, -0.25) is 14.5 Å². The highest BCUT2D eigenvalue weighted by Gasteiger charge is 2.29. The summed E-state index contributed by atoms with van der Waals surface area (Å²) >= 11 is 1.47. The number of carbonyl (C=O) groups excluding carboxylic acids is 2. The normalized spacial score (nSPS) is 15.1. The van der Waals surface area contributed by atoms with Gasteiger partial charge in [-0.2, -0.15) is 0 Å². The van der Waals surface area contributed by atoms with Gasteiger partial charge < -0.3 is 4.90 Å². The van der Waals surface area contributed by atoms with Crippen molar-refractivity contribution in [2.75, 3.05) is 24.5 Å². The van der Waals surface area contributed by atoms with Gasteiger partial charge in [-0.25, -0.2) is 4.98 Å². The van der Waals surface area contributed by atoms with Crippen LogP contribution in [0.15, 0.2) is 54.7 Å². The number of fused-ring (bicyclic) bond motifs is 1. The second kappa shape index (κ2) is 6.05. The number of anilines is 1. The topological polar surface area (TPSA) is 53.5 Å². The smallest absolute Gasteiger partial charge is 0.264 e. The second-order valence-electron chi connectivity index (χ2n) is 5.61. The molecule has 5 nitrogen and oxygen atoms in total. The van der Waals surface area contributed by atoms with Crippen molar-refractivity contribution in [2.24, 2.45) is 0 Å². The lowest BCUT2D eigenvalue weighted by molar-refractivity contribution is -0.120. The highest BCUT2D eigenvalue weighted by Crippen LogP contribution is 2.27. The standard InChI is InChI=1S/C18H15N3O2S/c22-17-12-20(9-10-21(17)16-7-3-4-8-19-16)18(23)15-11-13-5-1-2-6-14(13)24-15/h1-8,11H,9-10,12H2. The fraction of sp³-hybridized carbons (Fsp3) is 0.167. The number of pyridine rings is 1. The third kappa shape index (κ3) is 2.65. The number of carbonyl (C=O) groups is 2. The van der Waals surface area contributed by atoms with Crippen LogP contribution in [0.5, 0.6) is 0 Å². The number of nitrogens with zero attached hydrogens (tertiary/aromatic N) is 3. The molecule has 3 heterocycles. The van der Waals surface area contributed by atoms with Crippen molar-refractivity contribution in [3.05, 3.63) is 59.6 Å². The maximum Gasteiger partial charge on any atom is 0.264 e. The Morgan fingerprint density at radius 3 is 2.67 bits per heavy atom. The van der Waals surface area contributed by atoms with Crippen molar-refractivity contribution in [1.82, 2.24) is 9.88 Å². The van der Waals surface area contributed by atoms with Gasteiger partial charge in [0, 0.05) is 24.0 Å². The maximum absolute atomic E-state index is 12.7. The van der Waals surface area contributed by atoms with Crippen molar-refractivity contribution >= 4 is 39.1 Å². The molecule has 0 saturated carbocycles. The van der Waals surface area contributed by atoms with Crippen LogP contribution in [0.3, 0.4) is 0 Å². The highest BCUT2D eigenvalue weighted by atomic mass is 32.1. The minimum atomic E-state index is -0.102. The number of hydrogen-bond donors (Lipinski definition) is 0. The Kier molecular flexibility index (Phi) is 3.74. The van der Waals surface area contributed by atoms with E-state index in [0.29, 0.717) is 23.8 Å². The minimum absolute atomic E-state index is 0.0785. The first-order valence-electron chi connectivity index (χ1n) is 7.71. The monoisotopic (exact) mass is 337 g/mol. The Labute approximate surface area is 143 Å². The van der Waals surface area contributed by atoms with Crippen LogP contribution in [0.25, 0.3) is 10.1 Å². The average molecular weight is 337 g/mol. The molecule has 0 spiro atoms. The molecule has 1 aromatic carbocycles. The van der Waals surface area contributed by atoms with Gasteiger partial charge in [0.25, 0.3) is 5.91 Å². The van der Waals surface area contributed by atoms with Gasteiger partial charge in [0.2, 0.25) is 5.91 Å². The molecule has 0 bridgehead atoms. The summed E-state index contributed by atoms with van der Waals surface area (Å²) in [4.78, 5) is 33.3. The van der Waals surface area contributed by atoms with E-state index in [-0.39, 0.29) is 18.4 Å². The van der Waals surface area contributed by atoms with Gasteiger partial charge in [0.05, 0.1) is 4.88 Å². The number of amides is 2. The lowest BCUT2D eigenvalue weighted by Crippen LogP contribution is -2.52. The molecule has 0 N–H and O–H groups in total. The summed E-state index contributed by atoms with van der Waals surface area (Å²) in [5.41, 5.74) is 0. The van der Waals surface area contributed by atoms with E-state index >= 15 is 0 Å². The Morgan fingerprint density at radius 1 is 1.08 bits per heavy atom. The molecule has 24 heavy (non-hydrogen) atoms. The van der Waals surface area contributed by atoms with Gasteiger partial charge in [0.15, 0.2) is 0 Å². The first-order valence-corrected chi connectivity index (χ1v) is 8.53. The van der Waals surface area contributed by atoms with Crippen molar-refractivity contribution in [2.45, 2.75) is 0 Å². The van der Waals surface area contributed by atoms with Crippen LogP contribution in [0.2, 0.25) is 0 Å². The molecule has 1 saturated heterocycles. The van der Waals surface area contributed by atoms with Gasteiger partial charge in [-0.05, 0) is 29.7 Å². The van der Waals surface area contributed by atoms with E-state index in [2.05, 4.69) is 4.98 Å². The molecule has 1 aliphatic heterocycles. The summed E-state index contributed by atoms with van der Waals surface area (Å²) in [6.45, 7) is 1.06. The Bertz CT molecular complexity index is 874. The number of hydrogen-bond acceptors (Lipinski definition) is 4. The minimum Gasteiger partial charge on any atom is -0.327 e. The summed E-state index contributed by atoms with van der Waals surface area (Å²) < 4.78 is 1.08. The Hall–Kier alpha value is -2.73. The number of aromatic nitrogens is 1. The zero-order valence-corrected chi connectivity index (χ0v) is 13.7. The number of benzene rings is 1. The molecule has 120 valence electrons. The van der Waals surface area contributed by atoms with Crippen LogP contribution in [-0.4, -0.2) is 41.3 Å². The number of thiophene rings is 1. The second-order valence-corrected chi connectivity index (χ2v) is 6.69. The molecule has 0 atom stereocenters. The van der Waals surface area contributed by atoms with E-state index in [4.69, 9.17) is 0 Å². The van der Waals surface area contributed by atoms with Crippen molar-refractivity contribution < 1.29 is 9.59 Å². The first kappa shape index (κ1) is 14.8. The van der Waals surface area contributed by atoms with Gasteiger partial charge in [-0.15, -0.1) is 11.3 Å². The molecule has 6 heteroatoms. The third-order valence-corrected chi connectivity index (χ3v) is 5.17. The molecule has 0 unspecified atom stereocenters. The third-order valence-electron chi connectivity index (χ3n) is 4.07. The summed E-state index contributed by atoms with van der Waals surface area (Å²) in [6, 6.07) is 15.3. The van der Waals surface area contributed by atoms with Crippen LogP contribution >= 0.6 is 11.3 Å². The van der Waals surface area contributed by atoms with Crippen molar-refractivity contribution in [1.29, 1.82) is 0 Å². The highest BCUT2D eigenvalue weighted by molar-refractivity contribution is 7.20. The predicted molar refractivity (Wildman–Crippen MR) is 94.3 cm³/mol. The average Bonchev–Trinajstić information content (AvgIpc) is 3.06. The molecular weight excluding hydrogens is 322 g/mol. The molecular formula is C18H15N3O2S. The van der Waals surface area contributed by atoms with E-state index in [0.717, 1.165) is 10.1 Å². The van der Waals surface area contributed by atoms with Crippen LogP contribution in [0.4, 0.5) is 5.82 Å². The Morgan fingerprint density at radius 2 is 1.92 bits per heavy atom. The lowest BCUT2D eigenvalue weighted by atomic mass is 10.2. The molecule has 3 aromatic rings. The van der Waals surface area contributed by atoms with Crippen molar-refractivity contribution in [3.63, 3.8) is 0 Å². The van der Waals surface area contributed by atoms with Crippen molar-refractivity contribution in [3.8, 4) is 0 Å². The quantitative estimate of drug-likeness (QED) is 0.722. The SMILES string of the molecule is O=C(c1cc2ccccc2s1)N1CCN(c2ccccn2)C(=O)C1. The first-order chi connectivity index (χ1) is 11.7. The van der Waals surface area contributed by atoms with E-state index in [1.165, 1.54) is 11.3 Å². The van der Waals surface area contributed by atoms with Crippen LogP contribution < -0.4 is 4.90 Å². The zero-order chi connectivity index (χ0) is 16.5. The molecule has 4 rings (SSSR count). The summed E-state index contributed by atoms with van der Waals surface area (Å²) in [7, 11) is 0. The fourth-order valence-corrected chi connectivity index (χ4v) is 3.88. The van der Waals surface area contributed by atoms with Crippen LogP contribution in [0, 0.1) is 0 Å². The lowest BCUT2D eigenvalue weighted by Gasteiger charge is -2.33. The fourth-order valence-electron chi connectivity index (χ4n) is 2.85. The van der Waals surface area contributed by atoms with Gasteiger partial charge in [-0.1, -0.05) is 24.3 Å². The van der Waals surface area contributed by atoms with Gasteiger partial charge >= 0.3 is 0 Å². The molecule has 1 aliphatic rings. The Balaban J connectivity index is 1.52. The summed E-state index contributed by atoms with van der Waals surface area (Å²) in [5.74, 6) is 0.455. The summed E-state index contributed by atoms with van der Waals surface area (Å²) in [5, 5.41) is 1.06. The van der Waals surface area contributed by atoms with E-state index in [1.807, 2.05) is 42.5 Å². The molecule has 2 amide bonds. The zero-order valence-electron chi connectivity index (χ0n) is 12.9. The van der Waals surface area contributed by atoms with E-state index in [1.54, 1.807) is 22.1 Å². The molecule has 1 fully saturated rings. The van der Waals surface area contributed by atoms with Crippen LogP contribution in [-0.2, 0) is 4.79 Å². The van der Waals surface area contributed by atoms with Gasteiger partial charge in [0.1, 0.15) is 12.4 Å². The van der Waals surface area contributed by atoms with E-state index in [9.17, 15) is 9.59 Å². The molecule has 2 aromatic heterocycles. The molecule has 0 aliphatic carbocycles. The van der Waals surface area contributed by atoms with E-state index < -0.39 is 0 Å². The molecule has 0 radical (unpaired) electrons. The number of rotatable bonds is 2. The number of piperazine rings is 1. The summed E-state index contributed by atoms with van der Waals surface area (Å²) in [6.07, 6.45) is 1.66. The predicted octanol–water partition coefficient (Wildman–Crippen LogP) is 2.79. The maximum atomic E-state index is 12.7. The van der Waals surface area contributed by atoms with Crippen LogP contribution in [0.1, 0.15) is 9.67 Å².